The van der Waals surface area contributed by atoms with Gasteiger partial charge in [0.15, 0.2) is 5.13 Å². The van der Waals surface area contributed by atoms with Gasteiger partial charge in [-0.2, -0.15) is 0 Å². The molecule has 0 unspecified atom stereocenters. The van der Waals surface area contributed by atoms with E-state index in [9.17, 15) is 14.7 Å². The van der Waals surface area contributed by atoms with Gasteiger partial charge in [0.25, 0.3) is 5.78 Å². The second-order valence-electron chi connectivity index (χ2n) is 8.34. The summed E-state index contributed by atoms with van der Waals surface area (Å²) in [6.45, 7) is 2.44. The normalized spacial score (nSPS) is 16.9. The lowest BCUT2D eigenvalue weighted by Crippen LogP contribution is -2.29. The van der Waals surface area contributed by atoms with Gasteiger partial charge in [-0.1, -0.05) is 57.9 Å². The molecule has 0 bridgehead atoms. The van der Waals surface area contributed by atoms with E-state index in [-0.39, 0.29) is 11.3 Å². The van der Waals surface area contributed by atoms with Gasteiger partial charge < -0.3 is 9.84 Å². The number of aromatic nitrogens is 1. The highest BCUT2D eigenvalue weighted by Gasteiger charge is 2.47. The first-order valence-corrected chi connectivity index (χ1v) is 12.8. The second-order valence-corrected chi connectivity index (χ2v) is 10.1. The number of anilines is 1. The summed E-state index contributed by atoms with van der Waals surface area (Å²) in [5.74, 6) is -1.10. The highest BCUT2D eigenvalue weighted by atomic mass is 79.9. The van der Waals surface area contributed by atoms with Crippen LogP contribution in [0.25, 0.3) is 5.76 Å². The number of hydrogen-bond donors (Lipinski definition) is 1. The number of carbonyl (C=O) groups excluding carboxylic acids is 2. The molecule has 180 valence electrons. The summed E-state index contributed by atoms with van der Waals surface area (Å²) in [5.41, 5.74) is 3.33. The minimum absolute atomic E-state index is 0.0194. The van der Waals surface area contributed by atoms with Crippen molar-refractivity contribution in [3.8, 4) is 5.75 Å². The molecular formula is C28H21BrN2O4S. The molecule has 0 saturated carbocycles. The van der Waals surface area contributed by atoms with Crippen molar-refractivity contribution in [3.05, 3.63) is 117 Å². The minimum Gasteiger partial charge on any atom is -0.507 e. The van der Waals surface area contributed by atoms with E-state index in [2.05, 4.69) is 27.0 Å². The lowest BCUT2D eigenvalue weighted by atomic mass is 9.95. The predicted molar refractivity (Wildman–Crippen MR) is 143 cm³/mol. The fourth-order valence-electron chi connectivity index (χ4n) is 4.16. The number of carbonyl (C=O) groups is 2. The molecule has 5 rings (SSSR count). The second kappa shape index (κ2) is 10.1. The zero-order chi connectivity index (χ0) is 25.2. The Morgan fingerprint density at radius 2 is 1.83 bits per heavy atom. The van der Waals surface area contributed by atoms with E-state index >= 15 is 0 Å². The average Bonchev–Trinajstić information content (AvgIpc) is 3.50. The van der Waals surface area contributed by atoms with Gasteiger partial charge in [0.1, 0.15) is 18.1 Å². The summed E-state index contributed by atoms with van der Waals surface area (Å²) in [6, 6.07) is 21.4. The van der Waals surface area contributed by atoms with Crippen LogP contribution in [-0.4, -0.2) is 21.8 Å². The van der Waals surface area contributed by atoms with Crippen molar-refractivity contribution in [1.29, 1.82) is 0 Å². The summed E-state index contributed by atoms with van der Waals surface area (Å²) in [6.07, 6.45) is 1.58. The number of aliphatic hydroxyl groups is 1. The molecular weight excluding hydrogens is 540 g/mol. The van der Waals surface area contributed by atoms with Crippen molar-refractivity contribution in [2.45, 2.75) is 19.6 Å². The van der Waals surface area contributed by atoms with E-state index in [1.807, 2.05) is 49.4 Å². The quantitative estimate of drug-likeness (QED) is 0.167. The number of nitrogens with zero attached hydrogens (tertiary/aromatic N) is 2. The van der Waals surface area contributed by atoms with Crippen LogP contribution in [0.5, 0.6) is 5.75 Å². The Bertz CT molecular complexity index is 1450. The smallest absolute Gasteiger partial charge is 0.301 e. The summed E-state index contributed by atoms with van der Waals surface area (Å²) < 4.78 is 6.73. The standard InChI is InChI=1S/C28H21BrN2O4S/c1-17-3-2-4-18(15-17)16-35-22-11-7-20(8-12-22)25(32)23-24(19-5-9-21(29)10-6-19)31(27(34)26(23)33)28-30-13-14-36-28/h2-15,24,32H,16H2,1H3/t24-/m0/s1. The van der Waals surface area contributed by atoms with Crippen molar-refractivity contribution in [2.24, 2.45) is 0 Å². The molecule has 1 fully saturated rings. The minimum atomic E-state index is -0.804. The lowest BCUT2D eigenvalue weighted by Gasteiger charge is -2.23. The molecule has 0 spiro atoms. The number of halogens is 1. The number of amides is 1. The molecule has 0 radical (unpaired) electrons. The van der Waals surface area contributed by atoms with E-state index in [0.717, 1.165) is 15.6 Å². The maximum absolute atomic E-state index is 13.2. The largest absolute Gasteiger partial charge is 0.507 e. The van der Waals surface area contributed by atoms with E-state index in [1.165, 1.54) is 16.2 Å². The number of ketones is 1. The molecule has 36 heavy (non-hydrogen) atoms. The van der Waals surface area contributed by atoms with Crippen molar-refractivity contribution in [2.75, 3.05) is 4.90 Å². The van der Waals surface area contributed by atoms with E-state index in [1.54, 1.807) is 35.8 Å². The molecule has 6 nitrogen and oxygen atoms in total. The van der Waals surface area contributed by atoms with Crippen LogP contribution in [0.1, 0.15) is 28.3 Å². The van der Waals surface area contributed by atoms with Gasteiger partial charge in [-0.3, -0.25) is 14.5 Å². The Morgan fingerprint density at radius 1 is 1.08 bits per heavy atom. The van der Waals surface area contributed by atoms with Crippen molar-refractivity contribution >= 4 is 49.8 Å². The Labute approximate surface area is 220 Å². The molecule has 1 aromatic heterocycles. The molecule has 1 aliphatic rings. The lowest BCUT2D eigenvalue weighted by molar-refractivity contribution is -0.132. The first-order valence-electron chi connectivity index (χ1n) is 11.2. The summed E-state index contributed by atoms with van der Waals surface area (Å²) in [7, 11) is 0. The van der Waals surface area contributed by atoms with Crippen LogP contribution in [0.2, 0.25) is 0 Å². The zero-order valence-corrected chi connectivity index (χ0v) is 21.6. The number of ether oxygens (including phenoxy) is 1. The fourth-order valence-corrected chi connectivity index (χ4v) is 5.09. The van der Waals surface area contributed by atoms with E-state index in [4.69, 9.17) is 4.74 Å². The number of benzene rings is 3. The topological polar surface area (TPSA) is 79.7 Å². The maximum atomic E-state index is 13.2. The van der Waals surface area contributed by atoms with Crippen LogP contribution in [-0.2, 0) is 16.2 Å². The monoisotopic (exact) mass is 560 g/mol. The average molecular weight is 561 g/mol. The van der Waals surface area contributed by atoms with Gasteiger partial charge in [-0.15, -0.1) is 11.3 Å². The number of rotatable bonds is 6. The molecule has 1 saturated heterocycles. The third-order valence-corrected chi connectivity index (χ3v) is 7.17. The fraction of sp³-hybridized carbons (Fsp3) is 0.107. The molecule has 8 heteroatoms. The highest BCUT2D eigenvalue weighted by molar-refractivity contribution is 9.10. The van der Waals surface area contributed by atoms with Crippen LogP contribution in [0.15, 0.2) is 94.4 Å². The van der Waals surface area contributed by atoms with Gasteiger partial charge in [-0.25, -0.2) is 4.98 Å². The summed E-state index contributed by atoms with van der Waals surface area (Å²) in [4.78, 5) is 31.8. The van der Waals surface area contributed by atoms with Crippen molar-refractivity contribution in [3.63, 3.8) is 0 Å². The number of Topliss-reactive ketones (excluding diaryl/α,β-unsaturated/α-hetero) is 1. The van der Waals surface area contributed by atoms with Crippen LogP contribution >= 0.6 is 27.3 Å². The molecule has 1 amide bonds. The molecule has 2 heterocycles. The molecule has 4 aromatic rings. The number of thiazole rings is 1. The predicted octanol–water partition coefficient (Wildman–Crippen LogP) is 6.42. The number of aliphatic hydroxyl groups excluding tert-OH is 1. The van der Waals surface area contributed by atoms with Crippen LogP contribution in [0.3, 0.4) is 0 Å². The molecule has 0 aliphatic carbocycles. The Balaban J connectivity index is 1.48. The SMILES string of the molecule is Cc1cccc(COc2ccc(C(O)=C3C(=O)C(=O)N(c4nccs4)[C@H]3c3ccc(Br)cc3)cc2)c1. The van der Waals surface area contributed by atoms with Gasteiger partial charge in [0.2, 0.25) is 0 Å². The Kier molecular flexibility index (Phi) is 6.71. The highest BCUT2D eigenvalue weighted by Crippen LogP contribution is 2.43. The molecule has 3 aromatic carbocycles. The maximum Gasteiger partial charge on any atom is 0.301 e. The zero-order valence-electron chi connectivity index (χ0n) is 19.2. The van der Waals surface area contributed by atoms with Crippen LogP contribution in [0.4, 0.5) is 5.13 Å². The van der Waals surface area contributed by atoms with Crippen molar-refractivity contribution in [1.82, 2.24) is 4.98 Å². The first-order chi connectivity index (χ1) is 17.4. The first kappa shape index (κ1) is 24.0. The van der Waals surface area contributed by atoms with Gasteiger partial charge in [0, 0.05) is 21.6 Å². The molecule has 1 aliphatic heterocycles. The molecule has 1 N–H and O–H groups in total. The van der Waals surface area contributed by atoms with Crippen LogP contribution < -0.4 is 9.64 Å². The van der Waals surface area contributed by atoms with Gasteiger partial charge in [-0.05, 0) is 54.4 Å². The number of aryl methyl sites for hydroxylation is 1. The molecule has 1 atom stereocenters. The Morgan fingerprint density at radius 3 is 2.50 bits per heavy atom. The van der Waals surface area contributed by atoms with Crippen LogP contribution in [0, 0.1) is 6.92 Å². The third-order valence-electron chi connectivity index (χ3n) is 5.87. The third kappa shape index (κ3) is 4.69. The van der Waals surface area contributed by atoms with E-state index < -0.39 is 17.7 Å². The van der Waals surface area contributed by atoms with Gasteiger partial charge in [0.05, 0.1) is 11.6 Å². The summed E-state index contributed by atoms with van der Waals surface area (Å²) >= 11 is 4.67. The van der Waals surface area contributed by atoms with E-state index in [0.29, 0.717) is 28.6 Å². The number of hydrogen-bond acceptors (Lipinski definition) is 6. The summed E-state index contributed by atoms with van der Waals surface area (Å²) in [5, 5.41) is 13.4. The Hall–Kier alpha value is -3.75. The van der Waals surface area contributed by atoms with Crippen molar-refractivity contribution < 1.29 is 19.4 Å². The van der Waals surface area contributed by atoms with Gasteiger partial charge >= 0.3 is 5.91 Å².